The fourth-order valence-electron chi connectivity index (χ4n) is 3.78. The molecule has 0 saturated carbocycles. The van der Waals surface area contributed by atoms with Crippen molar-refractivity contribution in [3.8, 4) is 46.1 Å². The molecule has 11 nitrogen and oxygen atoms in total. The lowest BCUT2D eigenvalue weighted by atomic mass is 10.1. The van der Waals surface area contributed by atoms with Crippen LogP contribution < -0.4 is 20.5 Å². The highest BCUT2D eigenvalue weighted by Crippen LogP contribution is 2.34. The van der Waals surface area contributed by atoms with Crippen molar-refractivity contribution >= 4 is 23.8 Å². The van der Waals surface area contributed by atoms with Crippen molar-refractivity contribution in [2.24, 2.45) is 5.10 Å². The van der Waals surface area contributed by atoms with E-state index in [9.17, 15) is 15.2 Å². The van der Waals surface area contributed by atoms with E-state index in [4.69, 9.17) is 21.1 Å². The van der Waals surface area contributed by atoms with E-state index in [-0.39, 0.29) is 28.0 Å². The third-order valence-corrected chi connectivity index (χ3v) is 6.07. The van der Waals surface area contributed by atoms with Crippen LogP contribution in [0.25, 0.3) is 16.9 Å². The van der Waals surface area contributed by atoms with Gasteiger partial charge in [0.2, 0.25) is 11.8 Å². The molecule has 2 aromatic heterocycles. The van der Waals surface area contributed by atoms with Gasteiger partial charge in [-0.15, -0.1) is 0 Å². The second-order valence-electron chi connectivity index (χ2n) is 8.33. The van der Waals surface area contributed by atoms with Crippen molar-refractivity contribution in [2.45, 2.75) is 0 Å². The molecule has 0 spiro atoms. The average molecular weight is 566 g/mol. The maximum absolute atomic E-state index is 12.8. The highest BCUT2D eigenvalue weighted by atomic mass is 35.5. The molecule has 5 aromatic rings. The summed E-state index contributed by atoms with van der Waals surface area (Å²) in [5.74, 6) is 0.238. The number of benzene rings is 3. The van der Waals surface area contributed by atoms with E-state index in [1.807, 2.05) is 18.2 Å². The first-order valence-corrected chi connectivity index (χ1v) is 12.4. The number of hydrogen-bond donors (Lipinski definition) is 2. The molecule has 0 bridgehead atoms. The summed E-state index contributed by atoms with van der Waals surface area (Å²) in [6.07, 6.45) is 2.83. The zero-order valence-electron chi connectivity index (χ0n) is 21.4. The lowest BCUT2D eigenvalue weighted by Gasteiger charge is -2.12. The average Bonchev–Trinajstić information content (AvgIpc) is 3.00. The van der Waals surface area contributed by atoms with E-state index in [1.165, 1.54) is 24.2 Å². The van der Waals surface area contributed by atoms with E-state index >= 15 is 0 Å². The van der Waals surface area contributed by atoms with Crippen LogP contribution in [0.5, 0.6) is 23.1 Å². The fraction of sp³-hybridized carbons (Fsp3) is 0.0345. The molecular weight excluding hydrogens is 546 g/mol. The Morgan fingerprint density at radius 3 is 2.46 bits per heavy atom. The van der Waals surface area contributed by atoms with Gasteiger partial charge in [-0.1, -0.05) is 60.1 Å². The molecule has 0 aliphatic rings. The maximum atomic E-state index is 12.8. The Morgan fingerprint density at radius 1 is 1.02 bits per heavy atom. The van der Waals surface area contributed by atoms with Crippen LogP contribution in [0.4, 0.5) is 5.95 Å². The van der Waals surface area contributed by atoms with Crippen LogP contribution in [0.15, 0.2) is 95.0 Å². The van der Waals surface area contributed by atoms with Gasteiger partial charge in [0.05, 0.1) is 30.9 Å². The van der Waals surface area contributed by atoms with Gasteiger partial charge in [0.25, 0.3) is 5.56 Å². The summed E-state index contributed by atoms with van der Waals surface area (Å²) < 4.78 is 12.5. The molecule has 0 saturated heterocycles. The minimum atomic E-state index is -0.532. The van der Waals surface area contributed by atoms with Gasteiger partial charge in [0.1, 0.15) is 11.6 Å². The van der Waals surface area contributed by atoms with Crippen LogP contribution in [0.1, 0.15) is 11.1 Å². The van der Waals surface area contributed by atoms with Gasteiger partial charge in [-0.3, -0.25) is 4.79 Å². The van der Waals surface area contributed by atoms with Crippen LogP contribution in [0, 0.1) is 11.3 Å². The first-order chi connectivity index (χ1) is 20.0. The summed E-state index contributed by atoms with van der Waals surface area (Å²) in [7, 11) is 1.47. The number of anilines is 1. The smallest absolute Gasteiger partial charge is 0.294 e. The minimum Gasteiger partial charge on any atom is -0.493 e. The minimum absolute atomic E-state index is 0.00380. The van der Waals surface area contributed by atoms with E-state index < -0.39 is 11.4 Å². The summed E-state index contributed by atoms with van der Waals surface area (Å²) in [4.78, 5) is 21.0. The number of hydrogen-bond acceptors (Lipinski definition) is 10. The number of nitriles is 1. The molecule has 0 unspecified atom stereocenters. The summed E-state index contributed by atoms with van der Waals surface area (Å²) in [6, 6.07) is 24.7. The number of ether oxygens (including phenoxy) is 2. The number of hydrazone groups is 1. The van der Waals surface area contributed by atoms with E-state index in [1.54, 1.807) is 66.7 Å². The quantitative estimate of drug-likeness (QED) is 0.192. The molecule has 2 heterocycles. The van der Waals surface area contributed by atoms with Gasteiger partial charge < -0.3 is 14.6 Å². The normalized spacial score (nSPS) is 10.8. The van der Waals surface area contributed by atoms with Crippen molar-refractivity contribution in [3.05, 3.63) is 112 Å². The predicted molar refractivity (Wildman–Crippen MR) is 153 cm³/mol. The Kier molecular flexibility index (Phi) is 7.85. The predicted octanol–water partition coefficient (Wildman–Crippen LogP) is 5.17. The van der Waals surface area contributed by atoms with Crippen molar-refractivity contribution in [1.82, 2.24) is 19.7 Å². The number of nitrogens with zero attached hydrogens (tertiary/aromatic N) is 6. The highest BCUT2D eigenvalue weighted by molar-refractivity contribution is 6.31. The zero-order chi connectivity index (χ0) is 28.8. The molecule has 5 rings (SSSR count). The van der Waals surface area contributed by atoms with Crippen LogP contribution >= 0.6 is 11.6 Å². The van der Waals surface area contributed by atoms with E-state index in [2.05, 4.69) is 25.6 Å². The number of aromatic hydroxyl groups is 1. The number of methoxy groups -OCH3 is 1. The van der Waals surface area contributed by atoms with Crippen molar-refractivity contribution in [1.29, 1.82) is 5.26 Å². The Balaban J connectivity index is 1.34. The SMILES string of the molecule is COc1cc(C=NNc2nc(O)c(C#N)c(-c3ccccc3)n2)ccc1Oc1cnn(-c2ccccc2)c(=O)c1Cl. The number of aromatic nitrogens is 4. The van der Waals surface area contributed by atoms with Crippen LogP contribution in [-0.4, -0.2) is 38.2 Å². The summed E-state index contributed by atoms with van der Waals surface area (Å²) in [5.41, 5.74) is 4.18. The van der Waals surface area contributed by atoms with Crippen molar-refractivity contribution in [3.63, 3.8) is 0 Å². The molecule has 0 atom stereocenters. The molecule has 202 valence electrons. The van der Waals surface area contributed by atoms with Crippen LogP contribution in [0.2, 0.25) is 5.02 Å². The van der Waals surface area contributed by atoms with Crippen molar-refractivity contribution < 1.29 is 14.6 Å². The number of rotatable bonds is 8. The highest BCUT2D eigenvalue weighted by Gasteiger charge is 2.16. The second-order valence-corrected chi connectivity index (χ2v) is 8.71. The Labute approximate surface area is 238 Å². The van der Waals surface area contributed by atoms with Gasteiger partial charge in [0.15, 0.2) is 22.3 Å². The van der Waals surface area contributed by atoms with Gasteiger partial charge in [-0.2, -0.15) is 25.1 Å². The standard InChI is InChI=1S/C29H20ClN7O4/c1-40-23-14-18(16-32-36-29-34-26(19-8-4-2-5-9-19)21(15-31)27(38)35-29)12-13-22(23)41-24-17-33-37(28(39)25(24)30)20-10-6-3-7-11-20/h2-14,16-17H,1H3,(H2,34,35,36,38). The van der Waals surface area contributed by atoms with Gasteiger partial charge in [0, 0.05) is 5.56 Å². The topological polar surface area (TPSA) is 148 Å². The van der Waals surface area contributed by atoms with Crippen molar-refractivity contribution in [2.75, 3.05) is 12.5 Å². The Bertz CT molecular complexity index is 1840. The lowest BCUT2D eigenvalue weighted by Crippen LogP contribution is -2.21. The first kappa shape index (κ1) is 26.9. The van der Waals surface area contributed by atoms with E-state index in [0.29, 0.717) is 28.3 Å². The molecule has 0 radical (unpaired) electrons. The van der Waals surface area contributed by atoms with Crippen LogP contribution in [-0.2, 0) is 0 Å². The molecule has 0 aliphatic heterocycles. The molecule has 0 aliphatic carbocycles. The van der Waals surface area contributed by atoms with E-state index in [0.717, 1.165) is 0 Å². The molecule has 3 aromatic carbocycles. The molecule has 12 heteroatoms. The number of nitrogens with one attached hydrogen (secondary N) is 1. The molecule has 2 N–H and O–H groups in total. The van der Waals surface area contributed by atoms with Gasteiger partial charge in [-0.05, 0) is 35.9 Å². The molecule has 41 heavy (non-hydrogen) atoms. The van der Waals surface area contributed by atoms with Crippen LogP contribution in [0.3, 0.4) is 0 Å². The largest absolute Gasteiger partial charge is 0.493 e. The third kappa shape index (κ3) is 5.83. The second kappa shape index (κ2) is 12.0. The summed E-state index contributed by atoms with van der Waals surface area (Å²) >= 11 is 6.32. The Morgan fingerprint density at radius 2 is 1.76 bits per heavy atom. The maximum Gasteiger partial charge on any atom is 0.294 e. The number of halogens is 1. The molecule has 0 fully saturated rings. The Hall–Kier alpha value is -5.73. The lowest BCUT2D eigenvalue weighted by molar-refractivity contribution is 0.377. The zero-order valence-corrected chi connectivity index (χ0v) is 22.1. The fourth-order valence-corrected chi connectivity index (χ4v) is 3.95. The van der Waals surface area contributed by atoms with Gasteiger partial charge >= 0.3 is 0 Å². The monoisotopic (exact) mass is 565 g/mol. The molecular formula is C29H20ClN7O4. The summed E-state index contributed by atoms with van der Waals surface area (Å²) in [5, 5.41) is 27.8. The third-order valence-electron chi connectivity index (χ3n) is 5.72. The summed E-state index contributed by atoms with van der Waals surface area (Å²) in [6.45, 7) is 0. The molecule has 0 amide bonds. The first-order valence-electron chi connectivity index (χ1n) is 12.0. The number of para-hydroxylation sites is 1. The van der Waals surface area contributed by atoms with Gasteiger partial charge in [-0.25, -0.2) is 10.4 Å².